The predicted molar refractivity (Wildman–Crippen MR) is 72.5 cm³/mol. The molecule has 0 aromatic carbocycles. The van der Waals surface area contributed by atoms with Gasteiger partial charge in [-0.15, -0.1) is 0 Å². The average molecular weight is 249 g/mol. The van der Waals surface area contributed by atoms with E-state index in [1.54, 1.807) is 0 Å². The van der Waals surface area contributed by atoms with Crippen LogP contribution >= 0.6 is 0 Å². The van der Waals surface area contributed by atoms with Crippen LogP contribution in [0.5, 0.6) is 0 Å². The van der Waals surface area contributed by atoms with Gasteiger partial charge >= 0.3 is 0 Å². The Morgan fingerprint density at radius 1 is 1.33 bits per heavy atom. The zero-order valence-electron chi connectivity index (χ0n) is 11.6. The molecule has 1 aliphatic rings. The van der Waals surface area contributed by atoms with E-state index in [0.717, 1.165) is 17.3 Å². The third-order valence-corrected chi connectivity index (χ3v) is 3.62. The summed E-state index contributed by atoms with van der Waals surface area (Å²) in [4.78, 5) is 8.83. The molecule has 1 aromatic heterocycles. The Labute approximate surface area is 109 Å². The van der Waals surface area contributed by atoms with Crippen molar-refractivity contribution in [3.63, 3.8) is 0 Å². The minimum atomic E-state index is 0.376. The lowest BCUT2D eigenvalue weighted by atomic mass is 9.88. The van der Waals surface area contributed by atoms with E-state index in [1.165, 1.54) is 25.7 Å². The van der Waals surface area contributed by atoms with Crippen molar-refractivity contribution >= 4 is 5.82 Å². The maximum Gasteiger partial charge on any atom is 0.156 e. The van der Waals surface area contributed by atoms with Crippen LogP contribution in [-0.2, 0) is 11.3 Å². The molecule has 0 amide bonds. The number of nitrogens with zero attached hydrogens (tertiary/aromatic N) is 2. The molecule has 0 saturated heterocycles. The molecule has 1 saturated carbocycles. The smallest absolute Gasteiger partial charge is 0.156 e. The summed E-state index contributed by atoms with van der Waals surface area (Å²) in [6, 6.07) is 1.94. The predicted octanol–water partition coefficient (Wildman–Crippen LogP) is 2.92. The van der Waals surface area contributed by atoms with Crippen molar-refractivity contribution < 1.29 is 4.74 Å². The molecule has 18 heavy (non-hydrogen) atoms. The Morgan fingerprint density at radius 2 is 2.11 bits per heavy atom. The minimum absolute atomic E-state index is 0.376. The molecular formula is C14H23N3O. The van der Waals surface area contributed by atoms with Gasteiger partial charge < -0.3 is 10.1 Å². The molecule has 1 aliphatic carbocycles. The average Bonchev–Trinajstić information content (AvgIpc) is 2.37. The maximum absolute atomic E-state index is 5.98. The highest BCUT2D eigenvalue weighted by atomic mass is 16.5. The Morgan fingerprint density at radius 3 is 2.83 bits per heavy atom. The summed E-state index contributed by atoms with van der Waals surface area (Å²) < 4.78 is 5.98. The minimum Gasteiger partial charge on any atom is -0.373 e. The third kappa shape index (κ3) is 3.42. The lowest BCUT2D eigenvalue weighted by Gasteiger charge is -2.28. The Balaban J connectivity index is 1.94. The summed E-state index contributed by atoms with van der Waals surface area (Å²) in [5.74, 6) is 2.29. The molecule has 0 spiro atoms. The van der Waals surface area contributed by atoms with Crippen molar-refractivity contribution in [1.29, 1.82) is 0 Å². The van der Waals surface area contributed by atoms with Gasteiger partial charge in [0.25, 0.3) is 0 Å². The second kappa shape index (κ2) is 6.14. The van der Waals surface area contributed by atoms with E-state index in [1.807, 2.05) is 20.0 Å². The largest absolute Gasteiger partial charge is 0.373 e. The Hall–Kier alpha value is -1.16. The second-order valence-corrected chi connectivity index (χ2v) is 5.17. The summed E-state index contributed by atoms with van der Waals surface area (Å²) in [6.07, 6.45) is 5.45. The summed E-state index contributed by atoms with van der Waals surface area (Å²) in [7, 11) is 1.87. The van der Waals surface area contributed by atoms with Gasteiger partial charge in [0.15, 0.2) is 5.82 Å². The molecule has 0 aliphatic heterocycles. The van der Waals surface area contributed by atoms with Crippen LogP contribution < -0.4 is 5.32 Å². The second-order valence-electron chi connectivity index (χ2n) is 5.17. The third-order valence-electron chi connectivity index (χ3n) is 3.62. The molecule has 1 fully saturated rings. The van der Waals surface area contributed by atoms with Crippen LogP contribution in [0.15, 0.2) is 6.07 Å². The molecule has 4 heteroatoms. The first kappa shape index (κ1) is 13.3. The molecule has 2 unspecified atom stereocenters. The number of anilines is 1. The van der Waals surface area contributed by atoms with Gasteiger partial charge in [-0.1, -0.05) is 19.8 Å². The number of aromatic nitrogens is 2. The number of aryl methyl sites for hydroxylation is 1. The van der Waals surface area contributed by atoms with E-state index in [-0.39, 0.29) is 0 Å². The van der Waals surface area contributed by atoms with Gasteiger partial charge in [0.1, 0.15) is 12.4 Å². The normalized spacial score (nSPS) is 23.9. The SMILES string of the molecule is CNc1cc(C)nc(COC2CCCCC2C)n1. The quantitative estimate of drug-likeness (QED) is 0.891. The fourth-order valence-corrected chi connectivity index (χ4v) is 2.53. The standard InChI is InChI=1S/C14H23N3O/c1-10-6-4-5-7-12(10)18-9-14-16-11(2)8-13(15-3)17-14/h8,10,12H,4-7,9H2,1-3H3,(H,15,16,17). The number of rotatable bonds is 4. The van der Waals surface area contributed by atoms with Gasteiger partial charge in [-0.3, -0.25) is 0 Å². The first-order valence-electron chi connectivity index (χ1n) is 6.83. The highest BCUT2D eigenvalue weighted by molar-refractivity contribution is 5.34. The monoisotopic (exact) mass is 249 g/mol. The van der Waals surface area contributed by atoms with Crippen molar-refractivity contribution in [2.24, 2.45) is 5.92 Å². The van der Waals surface area contributed by atoms with Crippen LogP contribution in [0, 0.1) is 12.8 Å². The fraction of sp³-hybridized carbons (Fsp3) is 0.714. The van der Waals surface area contributed by atoms with Crippen molar-refractivity contribution in [3.05, 3.63) is 17.6 Å². The highest BCUT2D eigenvalue weighted by Crippen LogP contribution is 2.26. The van der Waals surface area contributed by atoms with E-state index in [9.17, 15) is 0 Å². The number of ether oxygens (including phenoxy) is 1. The molecule has 2 rings (SSSR count). The van der Waals surface area contributed by atoms with Crippen molar-refractivity contribution in [2.45, 2.75) is 52.2 Å². The van der Waals surface area contributed by atoms with Gasteiger partial charge in [0.05, 0.1) is 6.10 Å². The molecule has 2 atom stereocenters. The Kier molecular flexibility index (Phi) is 4.53. The summed E-state index contributed by atoms with van der Waals surface area (Å²) in [6.45, 7) is 4.78. The summed E-state index contributed by atoms with van der Waals surface area (Å²) >= 11 is 0. The van der Waals surface area contributed by atoms with Crippen molar-refractivity contribution in [1.82, 2.24) is 9.97 Å². The maximum atomic E-state index is 5.98. The van der Waals surface area contributed by atoms with Gasteiger partial charge in [0.2, 0.25) is 0 Å². The topological polar surface area (TPSA) is 47.0 Å². The van der Waals surface area contributed by atoms with Crippen LogP contribution in [0.1, 0.15) is 44.1 Å². The van der Waals surface area contributed by atoms with Crippen LogP contribution in [0.25, 0.3) is 0 Å². The van der Waals surface area contributed by atoms with Crippen LogP contribution in [0.3, 0.4) is 0 Å². The van der Waals surface area contributed by atoms with Crippen LogP contribution in [-0.4, -0.2) is 23.1 Å². The number of hydrogen-bond donors (Lipinski definition) is 1. The van der Waals surface area contributed by atoms with Crippen molar-refractivity contribution in [3.8, 4) is 0 Å². The van der Waals surface area contributed by atoms with Gasteiger partial charge in [-0.05, 0) is 25.7 Å². The summed E-state index contributed by atoms with van der Waals surface area (Å²) in [5, 5.41) is 3.05. The molecule has 100 valence electrons. The Bertz CT molecular complexity index is 395. The van der Waals surface area contributed by atoms with E-state index in [0.29, 0.717) is 18.6 Å². The number of hydrogen-bond acceptors (Lipinski definition) is 4. The molecule has 4 nitrogen and oxygen atoms in total. The van der Waals surface area contributed by atoms with Gasteiger partial charge in [0, 0.05) is 18.8 Å². The van der Waals surface area contributed by atoms with Gasteiger partial charge in [-0.2, -0.15) is 0 Å². The van der Waals surface area contributed by atoms with Crippen LogP contribution in [0.4, 0.5) is 5.82 Å². The zero-order valence-corrected chi connectivity index (χ0v) is 11.6. The summed E-state index contributed by atoms with van der Waals surface area (Å²) in [5.41, 5.74) is 0.977. The molecule has 0 radical (unpaired) electrons. The zero-order chi connectivity index (χ0) is 13.0. The lowest BCUT2D eigenvalue weighted by molar-refractivity contribution is -0.0182. The number of nitrogens with one attached hydrogen (secondary N) is 1. The lowest BCUT2D eigenvalue weighted by Crippen LogP contribution is -2.25. The highest BCUT2D eigenvalue weighted by Gasteiger charge is 2.22. The van der Waals surface area contributed by atoms with E-state index < -0.39 is 0 Å². The molecule has 1 aromatic rings. The van der Waals surface area contributed by atoms with Crippen molar-refractivity contribution in [2.75, 3.05) is 12.4 Å². The molecular weight excluding hydrogens is 226 g/mol. The molecule has 1 N–H and O–H groups in total. The van der Waals surface area contributed by atoms with E-state index in [4.69, 9.17) is 4.74 Å². The first-order valence-corrected chi connectivity index (χ1v) is 6.83. The molecule has 1 heterocycles. The van der Waals surface area contributed by atoms with Crippen LogP contribution in [0.2, 0.25) is 0 Å². The molecule has 0 bridgehead atoms. The van der Waals surface area contributed by atoms with E-state index >= 15 is 0 Å². The first-order chi connectivity index (χ1) is 8.69. The fourth-order valence-electron chi connectivity index (χ4n) is 2.53. The van der Waals surface area contributed by atoms with E-state index in [2.05, 4.69) is 22.2 Å². The van der Waals surface area contributed by atoms with Gasteiger partial charge in [-0.25, -0.2) is 9.97 Å².